The fourth-order valence-electron chi connectivity index (χ4n) is 2.21. The molecular formula is C15H28N4S. The molecule has 5 heteroatoms. The lowest BCUT2D eigenvalue weighted by molar-refractivity contribution is 0.241. The summed E-state index contributed by atoms with van der Waals surface area (Å²) in [7, 11) is 6.03. The minimum Gasteiger partial charge on any atom is -0.356 e. The van der Waals surface area contributed by atoms with E-state index in [1.165, 1.54) is 4.88 Å². The maximum absolute atomic E-state index is 4.27. The average molecular weight is 296 g/mol. The molecule has 1 rings (SSSR count). The van der Waals surface area contributed by atoms with Crippen molar-refractivity contribution in [3.8, 4) is 0 Å². The van der Waals surface area contributed by atoms with E-state index in [0.717, 1.165) is 32.0 Å². The van der Waals surface area contributed by atoms with Gasteiger partial charge in [0.2, 0.25) is 0 Å². The van der Waals surface area contributed by atoms with Crippen LogP contribution in [0.2, 0.25) is 0 Å². The Labute approximate surface area is 127 Å². The summed E-state index contributed by atoms with van der Waals surface area (Å²) in [4.78, 5) is 7.89. The maximum Gasteiger partial charge on any atom is 0.191 e. The average Bonchev–Trinajstić information content (AvgIpc) is 2.85. The lowest BCUT2D eigenvalue weighted by Crippen LogP contribution is -2.45. The van der Waals surface area contributed by atoms with E-state index in [1.807, 2.05) is 7.05 Å². The Bertz CT molecular complexity index is 396. The predicted octanol–water partition coefficient (Wildman–Crippen LogP) is 2.04. The summed E-state index contributed by atoms with van der Waals surface area (Å²) in [5.74, 6) is 0.883. The third-order valence-electron chi connectivity index (χ3n) is 2.95. The minimum atomic E-state index is 0.217. The SMILES string of the molecule is CN=C(NCCc1cccs1)NCC(C)(C)CN(C)C. The highest BCUT2D eigenvalue weighted by Gasteiger charge is 2.19. The Morgan fingerprint density at radius 1 is 1.35 bits per heavy atom. The van der Waals surface area contributed by atoms with E-state index >= 15 is 0 Å². The number of aliphatic imine (C=N–C) groups is 1. The molecule has 0 unspecified atom stereocenters. The molecule has 2 N–H and O–H groups in total. The van der Waals surface area contributed by atoms with Gasteiger partial charge in [-0.1, -0.05) is 19.9 Å². The van der Waals surface area contributed by atoms with Gasteiger partial charge in [-0.15, -0.1) is 11.3 Å². The molecule has 0 atom stereocenters. The number of rotatable bonds is 7. The van der Waals surface area contributed by atoms with Crippen LogP contribution in [0.4, 0.5) is 0 Å². The molecule has 0 amide bonds. The van der Waals surface area contributed by atoms with E-state index < -0.39 is 0 Å². The van der Waals surface area contributed by atoms with Crippen molar-refractivity contribution < 1.29 is 0 Å². The summed E-state index contributed by atoms with van der Waals surface area (Å²) in [6, 6.07) is 4.26. The fourth-order valence-corrected chi connectivity index (χ4v) is 2.92. The summed E-state index contributed by atoms with van der Waals surface area (Å²) in [5.41, 5.74) is 0.217. The van der Waals surface area contributed by atoms with Crippen molar-refractivity contribution in [2.24, 2.45) is 10.4 Å². The highest BCUT2D eigenvalue weighted by atomic mass is 32.1. The van der Waals surface area contributed by atoms with Gasteiger partial charge in [-0.05, 0) is 37.4 Å². The van der Waals surface area contributed by atoms with E-state index in [0.29, 0.717) is 0 Å². The number of hydrogen-bond donors (Lipinski definition) is 2. The first kappa shape index (κ1) is 17.0. The zero-order chi connectivity index (χ0) is 15.0. The van der Waals surface area contributed by atoms with Crippen LogP contribution in [-0.2, 0) is 6.42 Å². The standard InChI is InChI=1S/C15H28N4S/c1-15(2,12-19(4)5)11-18-14(16-3)17-9-8-13-7-6-10-20-13/h6-7,10H,8-9,11-12H2,1-5H3,(H2,16,17,18). The van der Waals surface area contributed by atoms with Crippen LogP contribution in [0.5, 0.6) is 0 Å². The van der Waals surface area contributed by atoms with Gasteiger partial charge in [0.25, 0.3) is 0 Å². The summed E-state index contributed by atoms with van der Waals surface area (Å²) in [5, 5.41) is 8.89. The fraction of sp³-hybridized carbons (Fsp3) is 0.667. The van der Waals surface area contributed by atoms with Crippen LogP contribution in [0.1, 0.15) is 18.7 Å². The smallest absolute Gasteiger partial charge is 0.191 e. The Kier molecular flexibility index (Phi) is 7.02. The van der Waals surface area contributed by atoms with E-state index in [2.05, 4.69) is 66.0 Å². The zero-order valence-electron chi connectivity index (χ0n) is 13.4. The molecule has 0 spiro atoms. The second-order valence-corrected chi connectivity index (χ2v) is 7.12. The molecule has 0 radical (unpaired) electrons. The molecule has 0 saturated carbocycles. The maximum atomic E-state index is 4.27. The van der Waals surface area contributed by atoms with E-state index in [-0.39, 0.29) is 5.41 Å². The highest BCUT2D eigenvalue weighted by molar-refractivity contribution is 7.09. The predicted molar refractivity (Wildman–Crippen MR) is 89.7 cm³/mol. The van der Waals surface area contributed by atoms with Gasteiger partial charge in [0.05, 0.1) is 0 Å². The van der Waals surface area contributed by atoms with Gasteiger partial charge in [0.15, 0.2) is 5.96 Å². The number of nitrogens with one attached hydrogen (secondary N) is 2. The minimum absolute atomic E-state index is 0.217. The lowest BCUT2D eigenvalue weighted by Gasteiger charge is -2.29. The summed E-state index contributed by atoms with van der Waals surface area (Å²) in [6.07, 6.45) is 1.04. The Morgan fingerprint density at radius 2 is 2.10 bits per heavy atom. The Morgan fingerprint density at radius 3 is 2.65 bits per heavy atom. The first-order chi connectivity index (χ1) is 9.43. The molecule has 1 aromatic heterocycles. The number of guanidine groups is 1. The van der Waals surface area contributed by atoms with Gasteiger partial charge in [0, 0.05) is 31.6 Å². The molecule has 0 saturated heterocycles. The van der Waals surface area contributed by atoms with Crippen LogP contribution >= 0.6 is 11.3 Å². The van der Waals surface area contributed by atoms with Gasteiger partial charge >= 0.3 is 0 Å². The van der Waals surface area contributed by atoms with Crippen molar-refractivity contribution in [1.29, 1.82) is 0 Å². The van der Waals surface area contributed by atoms with Gasteiger partial charge in [-0.25, -0.2) is 0 Å². The molecule has 0 bridgehead atoms. The quantitative estimate of drug-likeness (QED) is 0.597. The van der Waals surface area contributed by atoms with Crippen LogP contribution in [0.15, 0.2) is 22.5 Å². The van der Waals surface area contributed by atoms with Gasteiger partial charge < -0.3 is 15.5 Å². The highest BCUT2D eigenvalue weighted by Crippen LogP contribution is 2.14. The second kappa shape index (κ2) is 8.27. The molecule has 1 aromatic rings. The molecule has 0 aromatic carbocycles. The van der Waals surface area contributed by atoms with Crippen LogP contribution in [-0.4, -0.2) is 51.6 Å². The molecular weight excluding hydrogens is 268 g/mol. The zero-order valence-corrected chi connectivity index (χ0v) is 14.2. The normalized spacial score (nSPS) is 12.8. The van der Waals surface area contributed by atoms with E-state index in [4.69, 9.17) is 0 Å². The number of thiophene rings is 1. The molecule has 0 aliphatic heterocycles. The van der Waals surface area contributed by atoms with Crippen molar-refractivity contribution in [3.05, 3.63) is 22.4 Å². The van der Waals surface area contributed by atoms with Crippen LogP contribution in [0, 0.1) is 5.41 Å². The van der Waals surface area contributed by atoms with Crippen molar-refractivity contribution in [1.82, 2.24) is 15.5 Å². The molecule has 0 fully saturated rings. The van der Waals surface area contributed by atoms with Crippen molar-refractivity contribution in [2.45, 2.75) is 20.3 Å². The van der Waals surface area contributed by atoms with Gasteiger partial charge in [-0.3, -0.25) is 4.99 Å². The monoisotopic (exact) mass is 296 g/mol. The molecule has 0 aliphatic rings. The second-order valence-electron chi connectivity index (χ2n) is 6.08. The van der Waals surface area contributed by atoms with Crippen LogP contribution < -0.4 is 10.6 Å². The number of nitrogens with zero attached hydrogens (tertiary/aromatic N) is 2. The summed E-state index contributed by atoms with van der Waals surface area (Å²) in [6.45, 7) is 7.39. The molecule has 4 nitrogen and oxygen atoms in total. The third kappa shape index (κ3) is 6.91. The van der Waals surface area contributed by atoms with Crippen LogP contribution in [0.25, 0.3) is 0 Å². The Balaban J connectivity index is 2.29. The topological polar surface area (TPSA) is 39.7 Å². The molecule has 114 valence electrons. The van der Waals surface area contributed by atoms with Gasteiger partial charge in [-0.2, -0.15) is 0 Å². The summed E-state index contributed by atoms with van der Waals surface area (Å²) >= 11 is 1.80. The molecule has 20 heavy (non-hydrogen) atoms. The van der Waals surface area contributed by atoms with Crippen molar-refractivity contribution in [2.75, 3.05) is 40.8 Å². The number of hydrogen-bond acceptors (Lipinski definition) is 3. The third-order valence-corrected chi connectivity index (χ3v) is 3.88. The molecule has 1 heterocycles. The van der Waals surface area contributed by atoms with Crippen LogP contribution in [0.3, 0.4) is 0 Å². The van der Waals surface area contributed by atoms with E-state index in [1.54, 1.807) is 11.3 Å². The molecule has 0 aliphatic carbocycles. The first-order valence-electron chi connectivity index (χ1n) is 7.04. The van der Waals surface area contributed by atoms with Gasteiger partial charge in [0.1, 0.15) is 0 Å². The lowest BCUT2D eigenvalue weighted by atomic mass is 9.93. The van der Waals surface area contributed by atoms with Crippen molar-refractivity contribution >= 4 is 17.3 Å². The van der Waals surface area contributed by atoms with E-state index in [9.17, 15) is 0 Å². The first-order valence-corrected chi connectivity index (χ1v) is 7.92. The Hall–Kier alpha value is -1.07. The summed E-state index contributed by atoms with van der Waals surface area (Å²) < 4.78 is 0. The largest absolute Gasteiger partial charge is 0.356 e. The van der Waals surface area contributed by atoms with Crippen molar-refractivity contribution in [3.63, 3.8) is 0 Å².